The van der Waals surface area contributed by atoms with E-state index in [1.54, 1.807) is 6.07 Å². The van der Waals surface area contributed by atoms with E-state index in [0.29, 0.717) is 11.6 Å². The minimum absolute atomic E-state index is 0.447. The lowest BCUT2D eigenvalue weighted by Crippen LogP contribution is -3.05. The van der Waals surface area contributed by atoms with Crippen molar-refractivity contribution in [3.05, 3.63) is 29.8 Å². The van der Waals surface area contributed by atoms with Gasteiger partial charge in [0.15, 0.2) is 11.5 Å². The molecule has 3 unspecified atom stereocenters. The second kappa shape index (κ2) is 9.14. The first-order valence-electron chi connectivity index (χ1n) is 8.25. The van der Waals surface area contributed by atoms with Crippen molar-refractivity contribution in [2.45, 2.75) is 52.9 Å². The summed E-state index contributed by atoms with van der Waals surface area (Å²) in [4.78, 5) is 1.02. The molecular weight excluding hydrogens is 268 g/mol. The van der Waals surface area contributed by atoms with E-state index in [9.17, 15) is 8.78 Å². The van der Waals surface area contributed by atoms with E-state index in [1.807, 2.05) is 7.05 Å². The van der Waals surface area contributed by atoms with Gasteiger partial charge in [-0.05, 0) is 24.8 Å². The largest absolute Gasteiger partial charge is 0.302 e. The van der Waals surface area contributed by atoms with Crippen molar-refractivity contribution < 1.29 is 13.7 Å². The van der Waals surface area contributed by atoms with Crippen molar-refractivity contribution in [2.75, 3.05) is 13.6 Å². The van der Waals surface area contributed by atoms with Crippen LogP contribution in [0.1, 0.15) is 52.9 Å². The average Bonchev–Trinajstić information content (AvgIpc) is 2.43. The number of hydrogen-bond donors (Lipinski definition) is 1. The summed E-state index contributed by atoms with van der Waals surface area (Å²) in [6.07, 6.45) is 6.23. The molecular formula is C18H30F2N+. The van der Waals surface area contributed by atoms with E-state index in [2.05, 4.69) is 20.8 Å². The fourth-order valence-corrected chi connectivity index (χ4v) is 3.05. The van der Waals surface area contributed by atoms with Crippen molar-refractivity contribution >= 4 is 5.69 Å². The van der Waals surface area contributed by atoms with Crippen LogP contribution in [0.3, 0.4) is 0 Å². The molecule has 0 bridgehead atoms. The van der Waals surface area contributed by atoms with Gasteiger partial charge in [0.05, 0.1) is 13.6 Å². The molecule has 1 nitrogen and oxygen atoms in total. The van der Waals surface area contributed by atoms with Crippen LogP contribution in [0, 0.1) is 23.5 Å². The van der Waals surface area contributed by atoms with E-state index in [0.717, 1.165) is 23.4 Å². The number of quaternary nitrogens is 1. The Morgan fingerprint density at radius 2 is 1.81 bits per heavy atom. The third-order valence-electron chi connectivity index (χ3n) is 4.39. The second-order valence-electron chi connectivity index (χ2n) is 6.35. The maximum atomic E-state index is 13.8. The van der Waals surface area contributed by atoms with Gasteiger partial charge in [-0.1, -0.05) is 40.0 Å². The fraction of sp³-hybridized carbons (Fsp3) is 0.667. The Balaban J connectivity index is 2.48. The summed E-state index contributed by atoms with van der Waals surface area (Å²) in [6, 6.07) is 3.86. The molecule has 3 heteroatoms. The number of nitrogens with one attached hydrogen (secondary N) is 1. The van der Waals surface area contributed by atoms with Gasteiger partial charge in [-0.25, -0.2) is 8.78 Å². The number of halogens is 2. The topological polar surface area (TPSA) is 4.44 Å². The Morgan fingerprint density at radius 1 is 1.10 bits per heavy atom. The zero-order chi connectivity index (χ0) is 15.8. The molecule has 0 fully saturated rings. The monoisotopic (exact) mass is 298 g/mol. The summed E-state index contributed by atoms with van der Waals surface area (Å²) in [5.74, 6) is 0.403. The van der Waals surface area contributed by atoms with E-state index >= 15 is 0 Å². The summed E-state index contributed by atoms with van der Waals surface area (Å²) in [7, 11) is 1.95. The third kappa shape index (κ3) is 6.13. The smallest absolute Gasteiger partial charge is 0.186 e. The standard InChI is InChI=1S/C18H29F2N/c1-5-7-15(6-2)9-8-14(3)13-21(4)18-11-10-16(19)12-17(18)20/h10-12,14-15H,5-9,13H2,1-4H3/p+1. The van der Waals surface area contributed by atoms with Gasteiger partial charge in [0.1, 0.15) is 5.82 Å². The van der Waals surface area contributed by atoms with Gasteiger partial charge >= 0.3 is 0 Å². The van der Waals surface area contributed by atoms with Crippen LogP contribution in [-0.4, -0.2) is 13.6 Å². The summed E-state index contributed by atoms with van der Waals surface area (Å²) in [5.41, 5.74) is 0.559. The molecule has 3 atom stereocenters. The van der Waals surface area contributed by atoms with Crippen LogP contribution >= 0.6 is 0 Å². The lowest BCUT2D eigenvalue weighted by atomic mass is 9.91. The molecule has 0 aliphatic carbocycles. The molecule has 0 radical (unpaired) electrons. The lowest BCUT2D eigenvalue weighted by Gasteiger charge is -2.21. The SMILES string of the molecule is CCCC(CC)CCC(C)C[NH+](C)c1ccc(F)cc1F. The van der Waals surface area contributed by atoms with E-state index in [-0.39, 0.29) is 0 Å². The Hall–Kier alpha value is -0.960. The molecule has 1 aromatic carbocycles. The molecule has 0 heterocycles. The zero-order valence-corrected chi connectivity index (χ0v) is 13.9. The molecule has 1 aromatic rings. The Labute approximate surface area is 128 Å². The third-order valence-corrected chi connectivity index (χ3v) is 4.39. The van der Waals surface area contributed by atoms with Gasteiger partial charge < -0.3 is 4.90 Å². The predicted molar refractivity (Wildman–Crippen MR) is 84.9 cm³/mol. The predicted octanol–water partition coefficient (Wildman–Crippen LogP) is 4.35. The van der Waals surface area contributed by atoms with Gasteiger partial charge in [0.2, 0.25) is 0 Å². The first-order chi connectivity index (χ1) is 9.97. The lowest BCUT2D eigenvalue weighted by molar-refractivity contribution is -0.815. The van der Waals surface area contributed by atoms with Crippen LogP contribution < -0.4 is 4.90 Å². The highest BCUT2D eigenvalue weighted by Gasteiger charge is 2.17. The maximum Gasteiger partial charge on any atom is 0.186 e. The molecule has 21 heavy (non-hydrogen) atoms. The Morgan fingerprint density at radius 3 is 2.38 bits per heavy atom. The number of hydrogen-bond acceptors (Lipinski definition) is 0. The van der Waals surface area contributed by atoms with E-state index in [4.69, 9.17) is 0 Å². The van der Waals surface area contributed by atoms with Crippen molar-refractivity contribution in [2.24, 2.45) is 11.8 Å². The van der Waals surface area contributed by atoms with Gasteiger partial charge in [-0.3, -0.25) is 0 Å². The molecule has 0 spiro atoms. The molecule has 120 valence electrons. The van der Waals surface area contributed by atoms with Crippen LogP contribution in [0.2, 0.25) is 0 Å². The number of benzene rings is 1. The highest BCUT2D eigenvalue weighted by Crippen LogP contribution is 2.20. The molecule has 0 aromatic heterocycles. The van der Waals surface area contributed by atoms with E-state index in [1.165, 1.54) is 38.2 Å². The van der Waals surface area contributed by atoms with Crippen molar-refractivity contribution in [1.82, 2.24) is 0 Å². The van der Waals surface area contributed by atoms with E-state index < -0.39 is 11.6 Å². The highest BCUT2D eigenvalue weighted by molar-refractivity contribution is 5.30. The molecule has 0 aliphatic rings. The first-order valence-corrected chi connectivity index (χ1v) is 8.25. The van der Waals surface area contributed by atoms with Gasteiger partial charge in [0.25, 0.3) is 0 Å². The minimum Gasteiger partial charge on any atom is -0.302 e. The molecule has 1 rings (SSSR count). The summed E-state index contributed by atoms with van der Waals surface area (Å²) in [5, 5.41) is 0. The fourth-order valence-electron chi connectivity index (χ4n) is 3.05. The molecule has 0 saturated carbocycles. The minimum atomic E-state index is -0.512. The highest BCUT2D eigenvalue weighted by atomic mass is 19.1. The quantitative estimate of drug-likeness (QED) is 0.691. The van der Waals surface area contributed by atoms with Gasteiger partial charge in [-0.2, -0.15) is 0 Å². The van der Waals surface area contributed by atoms with Gasteiger partial charge in [-0.15, -0.1) is 0 Å². The summed E-state index contributed by atoms with van der Waals surface area (Å²) in [6.45, 7) is 7.60. The normalized spacial score (nSPS) is 15.7. The van der Waals surface area contributed by atoms with Crippen LogP contribution in [0.15, 0.2) is 18.2 Å². The maximum absolute atomic E-state index is 13.8. The molecule has 0 saturated heterocycles. The molecule has 1 N–H and O–H groups in total. The molecule has 0 aliphatic heterocycles. The van der Waals surface area contributed by atoms with Gasteiger partial charge in [0, 0.05) is 18.1 Å². The summed E-state index contributed by atoms with van der Waals surface area (Å²) < 4.78 is 26.7. The van der Waals surface area contributed by atoms with Crippen LogP contribution in [0.5, 0.6) is 0 Å². The first kappa shape index (κ1) is 18.1. The number of rotatable bonds is 9. The average molecular weight is 298 g/mol. The van der Waals surface area contributed by atoms with Crippen LogP contribution in [0.4, 0.5) is 14.5 Å². The van der Waals surface area contributed by atoms with Crippen LogP contribution in [0.25, 0.3) is 0 Å². The van der Waals surface area contributed by atoms with Crippen LogP contribution in [-0.2, 0) is 0 Å². The Kier molecular flexibility index (Phi) is 7.87. The van der Waals surface area contributed by atoms with Crippen molar-refractivity contribution in [3.8, 4) is 0 Å². The Bertz CT molecular complexity index is 420. The summed E-state index contributed by atoms with van der Waals surface area (Å²) >= 11 is 0. The van der Waals surface area contributed by atoms with Crippen molar-refractivity contribution in [3.63, 3.8) is 0 Å². The van der Waals surface area contributed by atoms with Crippen molar-refractivity contribution in [1.29, 1.82) is 0 Å². The zero-order valence-electron chi connectivity index (χ0n) is 13.9. The molecule has 0 amide bonds. The second-order valence-corrected chi connectivity index (χ2v) is 6.35.